The lowest BCUT2D eigenvalue weighted by Gasteiger charge is -2.16. The fourth-order valence-electron chi connectivity index (χ4n) is 0.702. The Morgan fingerprint density at radius 1 is 1.38 bits per heavy atom. The Morgan fingerprint density at radius 3 is 2.23 bits per heavy atom. The molecule has 0 aliphatic carbocycles. The Hall–Kier alpha value is -1.65. The minimum Gasteiger partial charge on any atom is -0.278 e. The first-order valence-corrected chi connectivity index (χ1v) is 3.69. The zero-order valence-corrected chi connectivity index (χ0v) is 7.66. The largest absolute Gasteiger partial charge is 0.331 e. The Kier molecular flexibility index (Phi) is 4.43. The van der Waals surface area contributed by atoms with Crippen molar-refractivity contribution in [3.63, 3.8) is 0 Å². The van der Waals surface area contributed by atoms with Crippen LogP contribution >= 0.6 is 0 Å². The van der Waals surface area contributed by atoms with Crippen LogP contribution in [0.3, 0.4) is 0 Å². The van der Waals surface area contributed by atoms with Crippen molar-refractivity contribution in [2.24, 2.45) is 0 Å². The molecule has 0 radical (unpaired) electrons. The van der Waals surface area contributed by atoms with Gasteiger partial charge in [-0.15, -0.1) is 6.58 Å². The van der Waals surface area contributed by atoms with E-state index in [1.54, 1.807) is 0 Å². The Bertz CT molecular complexity index is 248. The number of imide groups is 2. The summed E-state index contributed by atoms with van der Waals surface area (Å²) in [6, 6.07) is -0.722. The second-order valence-electron chi connectivity index (χ2n) is 2.40. The van der Waals surface area contributed by atoms with Crippen molar-refractivity contribution in [3.8, 4) is 0 Å². The van der Waals surface area contributed by atoms with E-state index >= 15 is 0 Å². The first kappa shape index (κ1) is 11.4. The molecule has 0 aliphatic rings. The number of nitrogens with one attached hydrogen (secondary N) is 1. The van der Waals surface area contributed by atoms with E-state index in [0.29, 0.717) is 0 Å². The van der Waals surface area contributed by atoms with Crippen LogP contribution in [0, 0.1) is 0 Å². The van der Waals surface area contributed by atoms with E-state index in [1.807, 2.05) is 5.32 Å². The molecule has 0 atom stereocenters. The third-order valence-electron chi connectivity index (χ3n) is 1.22. The van der Waals surface area contributed by atoms with Crippen LogP contribution in [0.25, 0.3) is 0 Å². The molecule has 0 rings (SSSR count). The number of nitrogens with zero attached hydrogens (tertiary/aromatic N) is 1. The van der Waals surface area contributed by atoms with Gasteiger partial charge in [0.2, 0.25) is 11.8 Å². The molecule has 0 saturated heterocycles. The summed E-state index contributed by atoms with van der Waals surface area (Å²) in [6.07, 6.45) is 1.40. The van der Waals surface area contributed by atoms with E-state index in [9.17, 15) is 14.4 Å². The smallest absolute Gasteiger partial charge is 0.278 e. The standard InChI is InChI=1S/C8H12N2O3/c1-4-5-10(7(3)12)8(13)9-6(2)11/h4H,1,5H2,2-3H3,(H,9,11,13). The van der Waals surface area contributed by atoms with Crippen LogP contribution in [0.5, 0.6) is 0 Å². The van der Waals surface area contributed by atoms with Gasteiger partial charge in [-0.1, -0.05) is 6.08 Å². The topological polar surface area (TPSA) is 66.5 Å². The van der Waals surface area contributed by atoms with Crippen LogP contribution in [-0.2, 0) is 9.59 Å². The van der Waals surface area contributed by atoms with Gasteiger partial charge in [0.05, 0.1) is 0 Å². The molecule has 0 heterocycles. The SMILES string of the molecule is C=CCN(C(C)=O)C(=O)NC(C)=O. The summed E-state index contributed by atoms with van der Waals surface area (Å²) in [5.41, 5.74) is 0. The van der Waals surface area contributed by atoms with Crippen molar-refractivity contribution >= 4 is 17.8 Å². The van der Waals surface area contributed by atoms with Crippen molar-refractivity contribution in [1.82, 2.24) is 10.2 Å². The van der Waals surface area contributed by atoms with Crippen molar-refractivity contribution in [2.45, 2.75) is 13.8 Å². The number of urea groups is 1. The fourth-order valence-corrected chi connectivity index (χ4v) is 0.702. The lowest BCUT2D eigenvalue weighted by atomic mass is 10.5. The number of rotatable bonds is 2. The monoisotopic (exact) mass is 184 g/mol. The van der Waals surface area contributed by atoms with Gasteiger partial charge in [0, 0.05) is 20.4 Å². The van der Waals surface area contributed by atoms with Gasteiger partial charge >= 0.3 is 6.03 Å². The highest BCUT2D eigenvalue weighted by molar-refractivity contribution is 6.00. The van der Waals surface area contributed by atoms with E-state index in [0.717, 1.165) is 4.90 Å². The lowest BCUT2D eigenvalue weighted by Crippen LogP contribution is -2.44. The summed E-state index contributed by atoms with van der Waals surface area (Å²) in [7, 11) is 0. The van der Waals surface area contributed by atoms with E-state index in [2.05, 4.69) is 6.58 Å². The van der Waals surface area contributed by atoms with Crippen LogP contribution in [-0.4, -0.2) is 29.3 Å². The summed E-state index contributed by atoms with van der Waals surface area (Å²) >= 11 is 0. The molecule has 0 aromatic carbocycles. The molecule has 0 spiro atoms. The van der Waals surface area contributed by atoms with Crippen molar-refractivity contribution < 1.29 is 14.4 Å². The maximum Gasteiger partial charge on any atom is 0.331 e. The molecular formula is C8H12N2O3. The van der Waals surface area contributed by atoms with Gasteiger partial charge in [0.15, 0.2) is 0 Å². The normalized spacial score (nSPS) is 8.77. The first-order valence-electron chi connectivity index (χ1n) is 3.69. The summed E-state index contributed by atoms with van der Waals surface area (Å²) < 4.78 is 0. The van der Waals surface area contributed by atoms with Gasteiger partial charge in [-0.05, 0) is 0 Å². The Balaban J connectivity index is 4.36. The second kappa shape index (κ2) is 5.08. The molecule has 0 fully saturated rings. The first-order chi connectivity index (χ1) is 5.99. The number of amides is 4. The van der Waals surface area contributed by atoms with Crippen molar-refractivity contribution in [3.05, 3.63) is 12.7 Å². The van der Waals surface area contributed by atoms with Gasteiger partial charge in [0.25, 0.3) is 0 Å². The molecule has 0 aromatic rings. The average Bonchev–Trinajstić information content (AvgIpc) is 1.97. The third-order valence-corrected chi connectivity index (χ3v) is 1.22. The average molecular weight is 184 g/mol. The quantitative estimate of drug-likeness (QED) is 0.627. The summed E-state index contributed by atoms with van der Waals surface area (Å²) in [6.45, 7) is 5.92. The predicted molar refractivity (Wildman–Crippen MR) is 46.8 cm³/mol. The predicted octanol–water partition coefficient (Wildman–Crippen LogP) is 0.277. The molecule has 72 valence electrons. The van der Waals surface area contributed by atoms with E-state index in [4.69, 9.17) is 0 Å². The van der Waals surface area contributed by atoms with Crippen molar-refractivity contribution in [2.75, 3.05) is 6.54 Å². The maximum absolute atomic E-state index is 11.1. The highest BCUT2D eigenvalue weighted by Crippen LogP contribution is 1.90. The van der Waals surface area contributed by atoms with E-state index in [1.165, 1.54) is 19.9 Å². The zero-order chi connectivity index (χ0) is 10.4. The third kappa shape index (κ3) is 4.05. The zero-order valence-electron chi connectivity index (χ0n) is 7.66. The highest BCUT2D eigenvalue weighted by atomic mass is 16.2. The molecule has 5 nitrogen and oxygen atoms in total. The van der Waals surface area contributed by atoms with Crippen LogP contribution in [0.1, 0.15) is 13.8 Å². The number of hydrogen-bond donors (Lipinski definition) is 1. The van der Waals surface area contributed by atoms with Crippen LogP contribution < -0.4 is 5.32 Å². The fraction of sp³-hybridized carbons (Fsp3) is 0.375. The molecule has 1 N–H and O–H groups in total. The second-order valence-corrected chi connectivity index (χ2v) is 2.40. The molecule has 4 amide bonds. The summed E-state index contributed by atoms with van der Waals surface area (Å²) in [5.74, 6) is -0.932. The van der Waals surface area contributed by atoms with Crippen LogP contribution in [0.2, 0.25) is 0 Å². The maximum atomic E-state index is 11.1. The molecule has 5 heteroatoms. The number of hydrogen-bond acceptors (Lipinski definition) is 3. The van der Waals surface area contributed by atoms with Crippen LogP contribution in [0.4, 0.5) is 4.79 Å². The minimum atomic E-state index is -0.722. The highest BCUT2D eigenvalue weighted by Gasteiger charge is 2.16. The molecule has 0 unspecified atom stereocenters. The molecule has 0 aromatic heterocycles. The van der Waals surface area contributed by atoms with Gasteiger partial charge in [-0.2, -0.15) is 0 Å². The van der Waals surface area contributed by atoms with E-state index < -0.39 is 17.8 Å². The molecule has 0 aliphatic heterocycles. The Labute approximate surface area is 76.4 Å². The van der Waals surface area contributed by atoms with E-state index in [-0.39, 0.29) is 6.54 Å². The minimum absolute atomic E-state index is 0.0917. The van der Waals surface area contributed by atoms with Crippen LogP contribution in [0.15, 0.2) is 12.7 Å². The molecule has 13 heavy (non-hydrogen) atoms. The van der Waals surface area contributed by atoms with Gasteiger partial charge < -0.3 is 0 Å². The van der Waals surface area contributed by atoms with Crippen molar-refractivity contribution in [1.29, 1.82) is 0 Å². The summed E-state index contributed by atoms with van der Waals surface area (Å²) in [4.78, 5) is 33.3. The molecule has 0 bridgehead atoms. The number of carbonyl (C=O) groups is 3. The summed E-state index contributed by atoms with van der Waals surface area (Å²) in [5, 5.41) is 1.99. The molecular weight excluding hydrogens is 172 g/mol. The van der Waals surface area contributed by atoms with Gasteiger partial charge in [0.1, 0.15) is 0 Å². The lowest BCUT2D eigenvalue weighted by molar-refractivity contribution is -0.125. The Morgan fingerprint density at radius 2 is 1.92 bits per heavy atom. The van der Waals surface area contributed by atoms with Gasteiger partial charge in [-0.25, -0.2) is 4.79 Å². The molecule has 0 saturated carbocycles. The number of carbonyl (C=O) groups excluding carboxylic acids is 3. The van der Waals surface area contributed by atoms with Gasteiger partial charge in [-0.3, -0.25) is 19.8 Å².